The van der Waals surface area contributed by atoms with E-state index >= 15 is 0 Å². The number of benzene rings is 2. The van der Waals surface area contributed by atoms with Gasteiger partial charge < -0.3 is 20.7 Å². The molecule has 0 bridgehead atoms. The van der Waals surface area contributed by atoms with Gasteiger partial charge in [0.25, 0.3) is 5.91 Å². The molecule has 5 rings (SSSR count). The van der Waals surface area contributed by atoms with Gasteiger partial charge >= 0.3 is 6.03 Å². The molecular formula is C31H35FN10O3. The van der Waals surface area contributed by atoms with Crippen LogP contribution in [0, 0.1) is 23.1 Å². The molecule has 0 spiro atoms. The molecule has 14 heteroatoms. The predicted molar refractivity (Wildman–Crippen MR) is 169 cm³/mol. The van der Waals surface area contributed by atoms with Crippen LogP contribution in [-0.4, -0.2) is 70.0 Å². The number of methoxy groups -OCH3 is 1. The molecule has 45 heavy (non-hydrogen) atoms. The lowest BCUT2D eigenvalue weighted by atomic mass is 9.95. The van der Waals surface area contributed by atoms with Crippen LogP contribution >= 0.6 is 0 Å². The summed E-state index contributed by atoms with van der Waals surface area (Å²) >= 11 is 0. The number of nitrogens with two attached hydrogens (primary N) is 1. The Morgan fingerprint density at radius 1 is 1.20 bits per heavy atom. The minimum atomic E-state index is -0.523. The maximum Gasteiger partial charge on any atom is 0.322 e. The number of anilines is 1. The summed E-state index contributed by atoms with van der Waals surface area (Å²) in [5.74, 6) is 0.184. The Kier molecular flexibility index (Phi) is 9.61. The maximum absolute atomic E-state index is 13.7. The van der Waals surface area contributed by atoms with E-state index in [0.717, 1.165) is 42.8 Å². The second-order valence-electron chi connectivity index (χ2n) is 10.9. The molecule has 0 saturated heterocycles. The number of nitrogen functional groups attached to an aromatic ring is 1. The zero-order valence-electron chi connectivity index (χ0n) is 25.0. The van der Waals surface area contributed by atoms with Crippen molar-refractivity contribution >= 4 is 41.5 Å². The van der Waals surface area contributed by atoms with Crippen molar-refractivity contribution in [3.05, 3.63) is 65.7 Å². The third-order valence-electron chi connectivity index (χ3n) is 8.06. The van der Waals surface area contributed by atoms with E-state index in [0.29, 0.717) is 35.6 Å². The third-order valence-corrected chi connectivity index (χ3v) is 8.06. The molecule has 5 N–H and O–H groups in total. The molecule has 4 aromatic rings. The molecule has 1 saturated carbocycles. The lowest BCUT2D eigenvalue weighted by Gasteiger charge is -2.25. The van der Waals surface area contributed by atoms with Gasteiger partial charge in [-0.25, -0.2) is 28.8 Å². The van der Waals surface area contributed by atoms with E-state index in [1.54, 1.807) is 11.9 Å². The van der Waals surface area contributed by atoms with Crippen molar-refractivity contribution in [3.63, 3.8) is 0 Å². The maximum atomic E-state index is 13.7. The minimum Gasteiger partial charge on any atom is -0.496 e. The number of carbonyl (C=O) groups excluding carboxylic acids is 2. The number of fused-ring (bicyclic) bond motifs is 1. The molecule has 1 aliphatic carbocycles. The summed E-state index contributed by atoms with van der Waals surface area (Å²) in [5.41, 5.74) is 9.38. The number of nitrogens with zero attached hydrogens (tertiary/aromatic N) is 6. The van der Waals surface area contributed by atoms with Crippen LogP contribution in [0.2, 0.25) is 0 Å². The van der Waals surface area contributed by atoms with Gasteiger partial charge in [-0.1, -0.05) is 30.7 Å². The van der Waals surface area contributed by atoms with Gasteiger partial charge in [0, 0.05) is 32.2 Å². The summed E-state index contributed by atoms with van der Waals surface area (Å²) < 4.78 is 20.8. The first-order chi connectivity index (χ1) is 21.8. The normalized spacial score (nSPS) is 16.2. The van der Waals surface area contributed by atoms with E-state index in [1.165, 1.54) is 31.9 Å². The molecule has 2 heterocycles. The topological polar surface area (TPSA) is 177 Å². The molecule has 2 atom stereocenters. The highest BCUT2D eigenvalue weighted by molar-refractivity contribution is 5.98. The summed E-state index contributed by atoms with van der Waals surface area (Å²) in [6.45, 7) is 1.41. The average molecular weight is 615 g/mol. The van der Waals surface area contributed by atoms with Crippen molar-refractivity contribution in [2.24, 2.45) is 16.8 Å². The molecule has 0 aliphatic heterocycles. The zero-order chi connectivity index (χ0) is 31.9. The molecule has 234 valence electrons. The van der Waals surface area contributed by atoms with Gasteiger partial charge in [0.15, 0.2) is 5.65 Å². The smallest absolute Gasteiger partial charge is 0.322 e. The first kappa shape index (κ1) is 31.0. The van der Waals surface area contributed by atoms with Crippen molar-refractivity contribution in [2.75, 3.05) is 26.4 Å². The van der Waals surface area contributed by atoms with Crippen molar-refractivity contribution in [2.45, 2.75) is 32.4 Å². The zero-order valence-corrected chi connectivity index (χ0v) is 25.0. The number of urea groups is 1. The van der Waals surface area contributed by atoms with Crippen LogP contribution in [-0.2, 0) is 13.1 Å². The van der Waals surface area contributed by atoms with Crippen LogP contribution in [0.15, 0.2) is 53.8 Å². The molecule has 0 radical (unpaired) electrons. The standard InChI is InChI=1S/C31H35FN10O3/c1-41(31(44)39-17-35-16-33)14-21-4-3-5-22(21)15-42-29-26(28(34)37-18-38-29)27(40-42)20-8-6-19(7-9-20)13-36-30(43)24-12-23(32)10-11-25(24)45-2/h6-12,16-18,21-22H,3-5,13-15H2,1-2H3,(H,36,43)(H2,34,37,38)(H2,33,35,39,44)/t21-,22-/m0/s1. The molecule has 2 aromatic heterocycles. The van der Waals surface area contributed by atoms with Crippen molar-refractivity contribution in [1.82, 2.24) is 35.3 Å². The fourth-order valence-electron chi connectivity index (χ4n) is 5.77. The highest BCUT2D eigenvalue weighted by Gasteiger charge is 2.31. The number of nitrogens with one attached hydrogen (secondary N) is 3. The van der Waals surface area contributed by atoms with E-state index in [4.69, 9.17) is 21.0 Å². The Bertz CT molecular complexity index is 1720. The van der Waals surface area contributed by atoms with E-state index < -0.39 is 11.7 Å². The van der Waals surface area contributed by atoms with Crippen LogP contribution < -0.4 is 21.1 Å². The van der Waals surface area contributed by atoms with E-state index in [1.807, 2.05) is 28.9 Å². The monoisotopic (exact) mass is 614 g/mol. The Hall–Kier alpha value is -5.40. The van der Waals surface area contributed by atoms with Gasteiger partial charge in [-0.2, -0.15) is 5.10 Å². The number of halogens is 1. The van der Waals surface area contributed by atoms with Gasteiger partial charge in [0.2, 0.25) is 0 Å². The average Bonchev–Trinajstić information content (AvgIpc) is 3.65. The molecule has 1 aliphatic rings. The Morgan fingerprint density at radius 3 is 2.73 bits per heavy atom. The molecule has 13 nitrogen and oxygen atoms in total. The number of aromatic nitrogens is 4. The molecule has 2 aromatic carbocycles. The number of carbonyl (C=O) groups is 2. The van der Waals surface area contributed by atoms with Crippen molar-refractivity contribution < 1.29 is 18.7 Å². The Labute approximate surface area is 259 Å². The molecule has 1 fully saturated rings. The van der Waals surface area contributed by atoms with Crippen molar-refractivity contribution in [3.8, 4) is 17.0 Å². The van der Waals surface area contributed by atoms with Crippen LogP contribution in [0.5, 0.6) is 5.75 Å². The Balaban J connectivity index is 1.31. The Morgan fingerprint density at radius 2 is 1.98 bits per heavy atom. The number of aliphatic imine (C=N–C) groups is 1. The van der Waals surface area contributed by atoms with Gasteiger partial charge in [-0.05, 0) is 48.4 Å². The first-order valence-corrected chi connectivity index (χ1v) is 14.5. The summed E-state index contributed by atoms with van der Waals surface area (Å²) in [7, 11) is 3.17. The lowest BCUT2D eigenvalue weighted by Crippen LogP contribution is -2.40. The third kappa shape index (κ3) is 7.06. The molecular weight excluding hydrogens is 579 g/mol. The van der Waals surface area contributed by atoms with E-state index in [2.05, 4.69) is 25.6 Å². The van der Waals surface area contributed by atoms with Gasteiger partial charge in [-0.15, -0.1) is 0 Å². The van der Waals surface area contributed by atoms with Crippen molar-refractivity contribution in [1.29, 1.82) is 5.41 Å². The summed E-state index contributed by atoms with van der Waals surface area (Å²) in [5, 5.41) is 17.9. The van der Waals surface area contributed by atoms with Crippen LogP contribution in [0.25, 0.3) is 22.3 Å². The SMILES string of the molecule is COc1ccc(F)cc1C(=O)NCc1ccc(-c2nn(C[C@@H]3CCC[C@H]3CN(C)C(=O)NC=NC=N)c3ncnc(N)c23)cc1. The fraction of sp³-hybridized carbons (Fsp3) is 0.323. The fourth-order valence-corrected chi connectivity index (χ4v) is 5.77. The summed E-state index contributed by atoms with van der Waals surface area (Å²) in [4.78, 5) is 39.1. The number of hydrogen-bond acceptors (Lipinski definition) is 8. The largest absolute Gasteiger partial charge is 0.496 e. The van der Waals surface area contributed by atoms with E-state index in [9.17, 15) is 14.0 Å². The van der Waals surface area contributed by atoms with E-state index in [-0.39, 0.29) is 35.7 Å². The second kappa shape index (κ2) is 13.9. The van der Waals surface area contributed by atoms with Gasteiger partial charge in [0.1, 0.15) is 35.7 Å². The second-order valence-corrected chi connectivity index (χ2v) is 10.9. The predicted octanol–water partition coefficient (Wildman–Crippen LogP) is 3.85. The van der Waals surface area contributed by atoms with Crippen LogP contribution in [0.3, 0.4) is 0 Å². The van der Waals surface area contributed by atoms with Crippen LogP contribution in [0.1, 0.15) is 35.2 Å². The highest BCUT2D eigenvalue weighted by Crippen LogP contribution is 2.36. The van der Waals surface area contributed by atoms with Gasteiger partial charge in [-0.3, -0.25) is 15.5 Å². The van der Waals surface area contributed by atoms with Gasteiger partial charge in [0.05, 0.1) is 24.4 Å². The number of ether oxygens (including phenoxy) is 1. The number of hydrogen-bond donors (Lipinski definition) is 4. The number of rotatable bonds is 11. The lowest BCUT2D eigenvalue weighted by molar-refractivity contribution is 0.0947. The number of amides is 3. The molecule has 3 amide bonds. The first-order valence-electron chi connectivity index (χ1n) is 14.5. The summed E-state index contributed by atoms with van der Waals surface area (Å²) in [6, 6.07) is 11.1. The highest BCUT2D eigenvalue weighted by atomic mass is 19.1. The molecule has 0 unspecified atom stereocenters. The quantitative estimate of drug-likeness (QED) is 0.146. The van der Waals surface area contributed by atoms with Crippen LogP contribution in [0.4, 0.5) is 15.0 Å². The summed E-state index contributed by atoms with van der Waals surface area (Å²) in [6.07, 6.45) is 6.52. The minimum absolute atomic E-state index is 0.120.